The van der Waals surface area contributed by atoms with Crippen LogP contribution in [0.5, 0.6) is 0 Å². The molecule has 0 spiro atoms. The molecule has 3 nitrogen and oxygen atoms in total. The summed E-state index contributed by atoms with van der Waals surface area (Å²) in [5.74, 6) is 1.01. The van der Waals surface area contributed by atoms with E-state index in [-0.39, 0.29) is 0 Å². The maximum atomic E-state index is 5.00. The van der Waals surface area contributed by atoms with E-state index in [1.54, 1.807) is 16.9 Å². The summed E-state index contributed by atoms with van der Waals surface area (Å²) < 4.78 is 3.64. The molecule has 0 saturated carbocycles. The summed E-state index contributed by atoms with van der Waals surface area (Å²) in [6.07, 6.45) is 17.1. The molecule has 0 saturated heterocycles. The van der Waals surface area contributed by atoms with Crippen molar-refractivity contribution in [2.75, 3.05) is 4.90 Å². The molecule has 9 rings (SSSR count). The molecule has 2 aliphatic carbocycles. The molecule has 4 heterocycles. The van der Waals surface area contributed by atoms with E-state index in [4.69, 9.17) is 4.98 Å². The van der Waals surface area contributed by atoms with E-state index in [0.29, 0.717) is 17.9 Å². The van der Waals surface area contributed by atoms with Crippen LogP contribution in [-0.4, -0.2) is 15.6 Å². The van der Waals surface area contributed by atoms with E-state index in [9.17, 15) is 0 Å². The summed E-state index contributed by atoms with van der Waals surface area (Å²) in [4.78, 5) is 8.65. The summed E-state index contributed by atoms with van der Waals surface area (Å²) in [6, 6.07) is 27.0. The van der Waals surface area contributed by atoms with Crippen LogP contribution in [0, 0.1) is 11.8 Å². The lowest BCUT2D eigenvalue weighted by Crippen LogP contribution is -2.32. The number of pyridine rings is 1. The lowest BCUT2D eigenvalue weighted by atomic mass is 9.81. The summed E-state index contributed by atoms with van der Waals surface area (Å²) in [5, 5.41) is 5.04. The van der Waals surface area contributed by atoms with Crippen LogP contribution in [0.4, 0.5) is 5.69 Å². The van der Waals surface area contributed by atoms with Gasteiger partial charge in [0.1, 0.15) is 4.83 Å². The smallest absolute Gasteiger partial charge is 0.124 e. The van der Waals surface area contributed by atoms with Crippen molar-refractivity contribution in [2.45, 2.75) is 19.4 Å². The lowest BCUT2D eigenvalue weighted by Gasteiger charge is -2.30. The Morgan fingerprint density at radius 1 is 0.800 bits per heavy atom. The molecule has 0 radical (unpaired) electrons. The van der Waals surface area contributed by atoms with Gasteiger partial charge in [-0.15, -0.1) is 11.3 Å². The van der Waals surface area contributed by atoms with Gasteiger partial charge in [0.05, 0.1) is 29.0 Å². The van der Waals surface area contributed by atoms with Gasteiger partial charge in [-0.3, -0.25) is 0 Å². The van der Waals surface area contributed by atoms with Crippen LogP contribution in [0.1, 0.15) is 13.3 Å². The van der Waals surface area contributed by atoms with E-state index < -0.39 is 0 Å². The lowest BCUT2D eigenvalue weighted by molar-refractivity contribution is 0.581. The Morgan fingerprint density at radius 2 is 1.55 bits per heavy atom. The summed E-state index contributed by atoms with van der Waals surface area (Å²) in [6.45, 7) is 2.38. The molecular formula is C36H27N3S. The number of fused-ring (bicyclic) bond motifs is 8. The van der Waals surface area contributed by atoms with Crippen LogP contribution in [0.15, 0.2) is 127 Å². The highest BCUT2D eigenvalue weighted by Crippen LogP contribution is 2.48. The second kappa shape index (κ2) is 8.30. The number of thiophene rings is 1. The molecule has 192 valence electrons. The third kappa shape index (κ3) is 3.03. The Morgan fingerprint density at radius 3 is 2.38 bits per heavy atom. The third-order valence-electron chi connectivity index (χ3n) is 9.03. The monoisotopic (exact) mass is 533 g/mol. The summed E-state index contributed by atoms with van der Waals surface area (Å²) >= 11 is 1.78. The van der Waals surface area contributed by atoms with Crippen LogP contribution in [0.3, 0.4) is 0 Å². The molecule has 0 fully saturated rings. The molecule has 3 unspecified atom stereocenters. The Kier molecular flexibility index (Phi) is 4.65. The zero-order valence-corrected chi connectivity index (χ0v) is 23.0. The van der Waals surface area contributed by atoms with E-state index >= 15 is 0 Å². The first-order valence-electron chi connectivity index (χ1n) is 14.1. The van der Waals surface area contributed by atoms with E-state index in [0.717, 1.165) is 16.9 Å². The molecule has 3 aromatic heterocycles. The fraction of sp³-hybridized carbons (Fsp3) is 0.139. The Balaban J connectivity index is 1.25. The molecule has 3 atom stereocenters. The normalized spacial score (nSPS) is 21.8. The van der Waals surface area contributed by atoms with Gasteiger partial charge in [-0.2, -0.15) is 0 Å². The van der Waals surface area contributed by atoms with Gasteiger partial charge >= 0.3 is 0 Å². The molecule has 0 amide bonds. The predicted octanol–water partition coefficient (Wildman–Crippen LogP) is 9.33. The zero-order valence-electron chi connectivity index (χ0n) is 22.2. The van der Waals surface area contributed by atoms with Crippen molar-refractivity contribution in [2.24, 2.45) is 11.8 Å². The molecule has 40 heavy (non-hydrogen) atoms. The number of anilines is 1. The number of hydrogen-bond acceptors (Lipinski definition) is 3. The van der Waals surface area contributed by atoms with Gasteiger partial charge in [-0.1, -0.05) is 73.7 Å². The number of hydrogen-bond donors (Lipinski definition) is 0. The zero-order chi connectivity index (χ0) is 26.4. The minimum atomic E-state index is 0.328. The molecule has 0 bridgehead atoms. The maximum absolute atomic E-state index is 5.00. The standard InChI is InChI=1S/C36H27N3S/c1-22-9-8-16-33-35(22)27-12-4-7-15-32(27)38(33)23-17-18-34-28(19-23)29-20-24(21-37-36(29)40-34)39-30-13-5-2-10-25(30)26-11-3-6-14-31(26)39/h2-8,10-22,27,32H,9H2,1H3. The van der Waals surface area contributed by atoms with E-state index in [1.165, 1.54) is 48.7 Å². The topological polar surface area (TPSA) is 21.1 Å². The van der Waals surface area contributed by atoms with E-state index in [1.807, 2.05) is 6.20 Å². The average Bonchev–Trinajstić information content (AvgIpc) is 3.64. The van der Waals surface area contributed by atoms with E-state index in [2.05, 4.69) is 126 Å². The van der Waals surface area contributed by atoms with Crippen LogP contribution >= 0.6 is 11.3 Å². The Labute approximate surface area is 236 Å². The number of allylic oxidation sites excluding steroid dienone is 4. The number of nitrogens with zero attached hydrogens (tertiary/aromatic N) is 3. The second-order valence-electron chi connectivity index (χ2n) is 11.2. The van der Waals surface area contributed by atoms with Crippen LogP contribution < -0.4 is 4.90 Å². The van der Waals surface area contributed by atoms with Crippen LogP contribution in [0.25, 0.3) is 47.8 Å². The van der Waals surface area contributed by atoms with Crippen molar-refractivity contribution in [3.05, 3.63) is 127 Å². The number of para-hydroxylation sites is 2. The highest BCUT2D eigenvalue weighted by molar-refractivity contribution is 7.25. The number of benzene rings is 3. The summed E-state index contributed by atoms with van der Waals surface area (Å²) in [7, 11) is 0. The van der Waals surface area contributed by atoms with Gasteiger partial charge in [-0.05, 0) is 60.4 Å². The highest BCUT2D eigenvalue weighted by Gasteiger charge is 2.41. The first kappa shape index (κ1) is 22.4. The van der Waals surface area contributed by atoms with Crippen molar-refractivity contribution in [1.82, 2.24) is 9.55 Å². The van der Waals surface area contributed by atoms with Crippen molar-refractivity contribution in [1.29, 1.82) is 0 Å². The minimum absolute atomic E-state index is 0.328. The fourth-order valence-electron chi connectivity index (χ4n) is 7.29. The molecule has 4 heteroatoms. The molecule has 6 aromatic rings. The van der Waals surface area contributed by atoms with Gasteiger partial charge in [-0.25, -0.2) is 4.98 Å². The highest BCUT2D eigenvalue weighted by atomic mass is 32.1. The molecule has 3 aliphatic rings. The van der Waals surface area contributed by atoms with Crippen molar-refractivity contribution in [3.63, 3.8) is 0 Å². The van der Waals surface area contributed by atoms with Gasteiger partial charge in [0.25, 0.3) is 0 Å². The van der Waals surface area contributed by atoms with Gasteiger partial charge in [0, 0.05) is 43.5 Å². The molecule has 0 N–H and O–H groups in total. The first-order valence-corrected chi connectivity index (χ1v) is 14.9. The van der Waals surface area contributed by atoms with Crippen LogP contribution in [0.2, 0.25) is 0 Å². The second-order valence-corrected chi connectivity index (χ2v) is 12.3. The molecular weight excluding hydrogens is 506 g/mol. The van der Waals surface area contributed by atoms with Crippen molar-refractivity contribution >= 4 is 59.1 Å². The van der Waals surface area contributed by atoms with Crippen molar-refractivity contribution < 1.29 is 0 Å². The quantitative estimate of drug-likeness (QED) is 0.221. The number of rotatable bonds is 2. The largest absolute Gasteiger partial charge is 0.334 e. The third-order valence-corrected chi connectivity index (χ3v) is 10.1. The number of aromatic nitrogens is 2. The summed E-state index contributed by atoms with van der Waals surface area (Å²) in [5.41, 5.74) is 7.75. The Bertz CT molecular complexity index is 2080. The molecule has 3 aromatic carbocycles. The molecule has 1 aliphatic heterocycles. The SMILES string of the molecule is CC1CC=CC2=C1C1C=CC=CC1N2c1ccc2sc3ncc(-n4c5ccccc5c5ccccc54)cc3c2c1. The fourth-order valence-corrected chi connectivity index (χ4v) is 8.30. The predicted molar refractivity (Wildman–Crippen MR) is 169 cm³/mol. The average molecular weight is 534 g/mol. The van der Waals surface area contributed by atoms with Crippen LogP contribution in [-0.2, 0) is 0 Å². The minimum Gasteiger partial charge on any atom is -0.334 e. The Hall–Kier alpha value is -4.41. The van der Waals surface area contributed by atoms with Gasteiger partial charge in [0.2, 0.25) is 0 Å². The first-order chi connectivity index (χ1) is 19.8. The van der Waals surface area contributed by atoms with Crippen molar-refractivity contribution in [3.8, 4) is 5.69 Å². The van der Waals surface area contributed by atoms with Gasteiger partial charge < -0.3 is 9.47 Å². The van der Waals surface area contributed by atoms with Gasteiger partial charge in [0.15, 0.2) is 0 Å². The maximum Gasteiger partial charge on any atom is 0.124 e.